The van der Waals surface area contributed by atoms with Gasteiger partial charge in [-0.25, -0.2) is 9.97 Å². The van der Waals surface area contributed by atoms with Crippen LogP contribution in [0.3, 0.4) is 0 Å². The van der Waals surface area contributed by atoms with Crippen LogP contribution in [-0.4, -0.2) is 16.8 Å². The van der Waals surface area contributed by atoms with E-state index in [0.29, 0.717) is 17.2 Å². The van der Waals surface area contributed by atoms with Gasteiger partial charge in [-0.3, -0.25) is 0 Å². The zero-order valence-corrected chi connectivity index (χ0v) is 9.35. The topological polar surface area (TPSA) is 53.5 Å². The van der Waals surface area contributed by atoms with Crippen molar-refractivity contribution < 1.29 is 14.2 Å². The summed E-state index contributed by atoms with van der Waals surface area (Å²) in [5.41, 5.74) is 0. The van der Waals surface area contributed by atoms with Crippen LogP contribution in [0.4, 0.5) is 0 Å². The maximum Gasteiger partial charge on any atom is 0.257 e. The molecule has 6 heteroatoms. The second-order valence-electron chi connectivity index (χ2n) is 3.27. The van der Waals surface area contributed by atoms with E-state index in [4.69, 9.17) is 25.8 Å². The fraction of sp³-hybridized carbons (Fsp3) is 0.0909. The van der Waals surface area contributed by atoms with Gasteiger partial charge in [0.05, 0.1) is 0 Å². The Bertz CT molecular complexity index is 562. The molecule has 0 aliphatic carbocycles. The molecule has 86 valence electrons. The highest BCUT2D eigenvalue weighted by atomic mass is 35.5. The maximum absolute atomic E-state index is 5.84. The van der Waals surface area contributed by atoms with E-state index in [1.54, 1.807) is 18.2 Å². The van der Waals surface area contributed by atoms with E-state index in [2.05, 4.69) is 9.97 Å². The van der Waals surface area contributed by atoms with E-state index in [9.17, 15) is 0 Å². The van der Waals surface area contributed by atoms with Gasteiger partial charge >= 0.3 is 0 Å². The first kappa shape index (κ1) is 10.2. The van der Waals surface area contributed by atoms with Gasteiger partial charge in [-0.15, -0.1) is 0 Å². The molecule has 0 saturated heterocycles. The summed E-state index contributed by atoms with van der Waals surface area (Å²) < 4.78 is 15.9. The van der Waals surface area contributed by atoms with E-state index in [-0.39, 0.29) is 17.8 Å². The molecule has 1 aliphatic rings. The minimum atomic E-state index is 0.213. The third kappa shape index (κ3) is 1.97. The minimum absolute atomic E-state index is 0.213. The Hall–Kier alpha value is -2.01. The average molecular weight is 251 g/mol. The van der Waals surface area contributed by atoms with Gasteiger partial charge in [-0.2, -0.15) is 0 Å². The van der Waals surface area contributed by atoms with Crippen molar-refractivity contribution in [2.75, 3.05) is 6.79 Å². The second kappa shape index (κ2) is 4.10. The molecule has 0 saturated carbocycles. The molecule has 5 nitrogen and oxygen atoms in total. The molecule has 0 amide bonds. The monoisotopic (exact) mass is 250 g/mol. The zero-order valence-electron chi connectivity index (χ0n) is 8.59. The summed E-state index contributed by atoms with van der Waals surface area (Å²) in [6.07, 6.45) is 3.00. The SMILES string of the molecule is Clc1nccnc1Oc1ccc2c(c1)OCO2. The Kier molecular flexibility index (Phi) is 2.45. The van der Waals surface area contributed by atoms with Crippen LogP contribution in [0.2, 0.25) is 5.15 Å². The van der Waals surface area contributed by atoms with Gasteiger partial charge in [0.1, 0.15) is 5.75 Å². The lowest BCUT2D eigenvalue weighted by atomic mass is 10.3. The van der Waals surface area contributed by atoms with Crippen molar-refractivity contribution >= 4 is 11.6 Å². The van der Waals surface area contributed by atoms with Crippen molar-refractivity contribution in [3.63, 3.8) is 0 Å². The maximum atomic E-state index is 5.84. The third-order valence-corrected chi connectivity index (χ3v) is 2.44. The summed E-state index contributed by atoms with van der Waals surface area (Å²) in [7, 11) is 0. The van der Waals surface area contributed by atoms with Crippen LogP contribution in [-0.2, 0) is 0 Å². The Labute approximate surface area is 102 Å². The van der Waals surface area contributed by atoms with Gasteiger partial charge in [0, 0.05) is 18.5 Å². The first-order chi connectivity index (χ1) is 8.33. The fourth-order valence-electron chi connectivity index (χ4n) is 1.43. The van der Waals surface area contributed by atoms with E-state index >= 15 is 0 Å². The lowest BCUT2D eigenvalue weighted by molar-refractivity contribution is 0.174. The molecular weight excluding hydrogens is 244 g/mol. The molecular formula is C11H7ClN2O3. The number of rotatable bonds is 2. The minimum Gasteiger partial charge on any atom is -0.454 e. The largest absolute Gasteiger partial charge is 0.454 e. The number of nitrogens with zero attached hydrogens (tertiary/aromatic N) is 2. The molecule has 2 heterocycles. The Balaban J connectivity index is 1.89. The molecule has 0 unspecified atom stereocenters. The number of benzene rings is 1. The standard InChI is InChI=1S/C11H7ClN2O3/c12-10-11(14-4-3-13-10)17-7-1-2-8-9(5-7)16-6-15-8/h1-5H,6H2. The van der Waals surface area contributed by atoms with Crippen LogP contribution in [0.15, 0.2) is 30.6 Å². The van der Waals surface area contributed by atoms with Gasteiger partial charge in [0.2, 0.25) is 6.79 Å². The van der Waals surface area contributed by atoms with E-state index in [1.165, 1.54) is 12.4 Å². The summed E-state index contributed by atoms with van der Waals surface area (Å²) in [5, 5.41) is 0.213. The molecule has 0 fully saturated rings. The predicted molar refractivity (Wildman–Crippen MR) is 59.7 cm³/mol. The molecule has 1 aromatic heterocycles. The number of hydrogen-bond donors (Lipinski definition) is 0. The average Bonchev–Trinajstić information content (AvgIpc) is 2.79. The Morgan fingerprint density at radius 1 is 1.12 bits per heavy atom. The highest BCUT2D eigenvalue weighted by Crippen LogP contribution is 2.36. The lowest BCUT2D eigenvalue weighted by Crippen LogP contribution is -1.93. The molecule has 0 radical (unpaired) electrons. The van der Waals surface area contributed by atoms with Crippen molar-refractivity contribution in [3.05, 3.63) is 35.7 Å². The van der Waals surface area contributed by atoms with Gasteiger partial charge in [0.15, 0.2) is 16.7 Å². The molecule has 2 aromatic rings. The van der Waals surface area contributed by atoms with Crippen LogP contribution in [0.1, 0.15) is 0 Å². The van der Waals surface area contributed by atoms with Crippen LogP contribution in [0.25, 0.3) is 0 Å². The quantitative estimate of drug-likeness (QED) is 0.820. The lowest BCUT2D eigenvalue weighted by Gasteiger charge is -2.05. The zero-order chi connectivity index (χ0) is 11.7. The van der Waals surface area contributed by atoms with Gasteiger partial charge in [-0.05, 0) is 12.1 Å². The van der Waals surface area contributed by atoms with Crippen molar-refractivity contribution in [1.82, 2.24) is 9.97 Å². The Morgan fingerprint density at radius 2 is 1.94 bits per heavy atom. The smallest absolute Gasteiger partial charge is 0.257 e. The molecule has 1 aliphatic heterocycles. The van der Waals surface area contributed by atoms with Crippen molar-refractivity contribution in [2.24, 2.45) is 0 Å². The third-order valence-electron chi connectivity index (χ3n) is 2.18. The van der Waals surface area contributed by atoms with Gasteiger partial charge in [-0.1, -0.05) is 11.6 Å². The summed E-state index contributed by atoms with van der Waals surface area (Å²) >= 11 is 5.84. The second-order valence-corrected chi connectivity index (χ2v) is 3.63. The van der Waals surface area contributed by atoms with Crippen molar-refractivity contribution in [3.8, 4) is 23.1 Å². The molecule has 0 N–H and O–H groups in total. The summed E-state index contributed by atoms with van der Waals surface area (Å²) in [4.78, 5) is 7.85. The summed E-state index contributed by atoms with van der Waals surface area (Å²) in [6, 6.07) is 5.23. The molecule has 0 spiro atoms. The molecule has 17 heavy (non-hydrogen) atoms. The number of hydrogen-bond acceptors (Lipinski definition) is 5. The molecule has 3 rings (SSSR count). The number of fused-ring (bicyclic) bond motifs is 1. The number of halogens is 1. The first-order valence-corrected chi connectivity index (χ1v) is 5.25. The Morgan fingerprint density at radius 3 is 2.82 bits per heavy atom. The first-order valence-electron chi connectivity index (χ1n) is 4.87. The molecule has 1 aromatic carbocycles. The normalized spacial score (nSPS) is 12.5. The van der Waals surface area contributed by atoms with Crippen molar-refractivity contribution in [1.29, 1.82) is 0 Å². The summed E-state index contributed by atoms with van der Waals surface area (Å²) in [6.45, 7) is 0.227. The van der Waals surface area contributed by atoms with Gasteiger partial charge < -0.3 is 14.2 Å². The molecule has 0 bridgehead atoms. The van der Waals surface area contributed by atoms with Crippen LogP contribution < -0.4 is 14.2 Å². The number of aromatic nitrogens is 2. The fourth-order valence-corrected chi connectivity index (χ4v) is 1.57. The number of ether oxygens (including phenoxy) is 3. The van der Waals surface area contributed by atoms with E-state index in [1.807, 2.05) is 0 Å². The van der Waals surface area contributed by atoms with Crippen LogP contribution in [0, 0.1) is 0 Å². The molecule has 0 atom stereocenters. The van der Waals surface area contributed by atoms with E-state index < -0.39 is 0 Å². The predicted octanol–water partition coefficient (Wildman–Crippen LogP) is 2.65. The van der Waals surface area contributed by atoms with E-state index in [0.717, 1.165) is 0 Å². The van der Waals surface area contributed by atoms with Crippen LogP contribution >= 0.6 is 11.6 Å². The van der Waals surface area contributed by atoms with Crippen LogP contribution in [0.5, 0.6) is 23.1 Å². The highest BCUT2D eigenvalue weighted by molar-refractivity contribution is 6.30. The summed E-state index contributed by atoms with van der Waals surface area (Å²) in [5.74, 6) is 2.16. The van der Waals surface area contributed by atoms with Crippen molar-refractivity contribution in [2.45, 2.75) is 0 Å². The van der Waals surface area contributed by atoms with Gasteiger partial charge in [0.25, 0.3) is 5.88 Å². The highest BCUT2D eigenvalue weighted by Gasteiger charge is 2.14.